The molecule has 2 heterocycles. The summed E-state index contributed by atoms with van der Waals surface area (Å²) in [7, 11) is 0. The number of amides is 1. The Morgan fingerprint density at radius 1 is 1.42 bits per heavy atom. The maximum atomic E-state index is 11.0. The van der Waals surface area contributed by atoms with E-state index in [-0.39, 0.29) is 5.91 Å². The number of nitrogens with one attached hydrogen (secondary N) is 1. The smallest absolute Gasteiger partial charge is 0.227 e. The molecule has 2 aliphatic rings. The first-order valence-corrected chi connectivity index (χ1v) is 3.68. The van der Waals surface area contributed by atoms with Crippen LogP contribution in [0.4, 0.5) is 0 Å². The van der Waals surface area contributed by atoms with Crippen molar-refractivity contribution in [3.8, 4) is 0 Å². The average molecular weight is 163 g/mol. The van der Waals surface area contributed by atoms with Crippen LogP contribution in [0.25, 0.3) is 0 Å². The molecular formula is C8H9N3O. The van der Waals surface area contributed by atoms with Crippen LogP contribution >= 0.6 is 0 Å². The van der Waals surface area contributed by atoms with Gasteiger partial charge in [0.15, 0.2) is 0 Å². The number of rotatable bonds is 0. The Bertz CT molecular complexity index is 303. The van der Waals surface area contributed by atoms with Gasteiger partial charge in [0.25, 0.3) is 0 Å². The van der Waals surface area contributed by atoms with E-state index in [4.69, 9.17) is 0 Å². The molecule has 2 aliphatic heterocycles. The first kappa shape index (κ1) is 6.97. The SMILES string of the molecule is CC(=O)N1C=CN2C=CNC2=C1. The average Bonchev–Trinajstić information content (AvgIpc) is 2.49. The summed E-state index contributed by atoms with van der Waals surface area (Å²) in [6.45, 7) is 1.53. The molecule has 0 aromatic heterocycles. The van der Waals surface area contributed by atoms with Crippen molar-refractivity contribution in [2.45, 2.75) is 6.92 Å². The van der Waals surface area contributed by atoms with Crippen molar-refractivity contribution in [3.63, 3.8) is 0 Å². The first-order chi connectivity index (χ1) is 5.77. The van der Waals surface area contributed by atoms with E-state index in [9.17, 15) is 4.79 Å². The van der Waals surface area contributed by atoms with E-state index in [0.717, 1.165) is 5.82 Å². The lowest BCUT2D eigenvalue weighted by Crippen LogP contribution is -2.26. The Balaban J connectivity index is 2.23. The summed E-state index contributed by atoms with van der Waals surface area (Å²) >= 11 is 0. The van der Waals surface area contributed by atoms with Crippen LogP contribution in [-0.2, 0) is 4.79 Å². The van der Waals surface area contributed by atoms with Crippen LogP contribution in [0.3, 0.4) is 0 Å². The molecule has 0 atom stereocenters. The van der Waals surface area contributed by atoms with E-state index in [1.807, 2.05) is 23.5 Å². The fourth-order valence-corrected chi connectivity index (χ4v) is 1.11. The van der Waals surface area contributed by atoms with Crippen LogP contribution in [0.2, 0.25) is 0 Å². The fraction of sp³-hybridized carbons (Fsp3) is 0.125. The molecule has 0 radical (unpaired) electrons. The lowest BCUT2D eigenvalue weighted by atomic mass is 10.5. The predicted molar refractivity (Wildman–Crippen MR) is 43.9 cm³/mol. The molecule has 4 nitrogen and oxygen atoms in total. The molecule has 0 saturated carbocycles. The molecule has 0 unspecified atom stereocenters. The van der Waals surface area contributed by atoms with E-state index in [1.165, 1.54) is 11.8 Å². The van der Waals surface area contributed by atoms with E-state index in [2.05, 4.69) is 5.32 Å². The quantitative estimate of drug-likeness (QED) is 0.564. The van der Waals surface area contributed by atoms with Crippen LogP contribution in [0.1, 0.15) is 6.92 Å². The van der Waals surface area contributed by atoms with Gasteiger partial charge in [0, 0.05) is 31.7 Å². The highest BCUT2D eigenvalue weighted by molar-refractivity contribution is 5.75. The Morgan fingerprint density at radius 3 is 3.00 bits per heavy atom. The number of hydrogen-bond donors (Lipinski definition) is 1. The predicted octanol–water partition coefficient (Wildman–Crippen LogP) is 0.495. The highest BCUT2D eigenvalue weighted by Crippen LogP contribution is 2.15. The van der Waals surface area contributed by atoms with Crippen LogP contribution in [0, 0.1) is 0 Å². The summed E-state index contributed by atoms with van der Waals surface area (Å²) in [5.41, 5.74) is 0. The summed E-state index contributed by atoms with van der Waals surface area (Å²) < 4.78 is 0. The van der Waals surface area contributed by atoms with Crippen molar-refractivity contribution in [3.05, 3.63) is 36.8 Å². The van der Waals surface area contributed by atoms with Crippen molar-refractivity contribution >= 4 is 5.91 Å². The van der Waals surface area contributed by atoms with E-state index in [1.54, 1.807) is 12.4 Å². The van der Waals surface area contributed by atoms with Crippen molar-refractivity contribution in [2.24, 2.45) is 0 Å². The topological polar surface area (TPSA) is 35.6 Å². The molecule has 0 aromatic rings. The molecule has 1 N–H and O–H groups in total. The number of carbonyl (C=O) groups excluding carboxylic acids is 1. The highest BCUT2D eigenvalue weighted by Gasteiger charge is 2.15. The third kappa shape index (κ3) is 0.972. The van der Waals surface area contributed by atoms with E-state index >= 15 is 0 Å². The molecule has 0 aliphatic carbocycles. The second-order valence-corrected chi connectivity index (χ2v) is 2.61. The van der Waals surface area contributed by atoms with Gasteiger partial charge < -0.3 is 10.2 Å². The first-order valence-electron chi connectivity index (χ1n) is 3.68. The minimum absolute atomic E-state index is 0.00657. The van der Waals surface area contributed by atoms with Crippen molar-refractivity contribution in [1.82, 2.24) is 15.1 Å². The number of carbonyl (C=O) groups is 1. The molecule has 0 spiro atoms. The molecule has 62 valence electrons. The van der Waals surface area contributed by atoms with Crippen LogP contribution in [-0.4, -0.2) is 15.7 Å². The summed E-state index contributed by atoms with van der Waals surface area (Å²) in [4.78, 5) is 14.4. The summed E-state index contributed by atoms with van der Waals surface area (Å²) in [6, 6.07) is 0. The standard InChI is InChI=1S/C8H9N3O/c1-7(12)11-5-4-10-3-2-9-8(10)6-11/h2-6,9H,1H3. The zero-order chi connectivity index (χ0) is 8.55. The largest absolute Gasteiger partial charge is 0.345 e. The van der Waals surface area contributed by atoms with Gasteiger partial charge in [0.2, 0.25) is 5.91 Å². The molecular weight excluding hydrogens is 154 g/mol. The highest BCUT2D eigenvalue weighted by atomic mass is 16.2. The summed E-state index contributed by atoms with van der Waals surface area (Å²) in [6.07, 6.45) is 9.01. The minimum Gasteiger partial charge on any atom is -0.345 e. The van der Waals surface area contributed by atoms with Gasteiger partial charge in [-0.05, 0) is 0 Å². The Hall–Kier alpha value is -1.71. The lowest BCUT2D eigenvalue weighted by Gasteiger charge is -2.22. The number of nitrogens with zero attached hydrogens (tertiary/aromatic N) is 2. The van der Waals surface area contributed by atoms with Gasteiger partial charge in [0.1, 0.15) is 5.82 Å². The number of fused-ring (bicyclic) bond motifs is 1. The molecule has 1 amide bonds. The molecule has 0 bridgehead atoms. The van der Waals surface area contributed by atoms with Crippen LogP contribution in [0.5, 0.6) is 0 Å². The lowest BCUT2D eigenvalue weighted by molar-refractivity contribution is -0.124. The fourth-order valence-electron chi connectivity index (χ4n) is 1.11. The second kappa shape index (κ2) is 2.41. The van der Waals surface area contributed by atoms with Gasteiger partial charge >= 0.3 is 0 Å². The van der Waals surface area contributed by atoms with Crippen LogP contribution < -0.4 is 5.32 Å². The Kier molecular flexibility index (Phi) is 1.40. The van der Waals surface area contributed by atoms with Crippen molar-refractivity contribution in [2.75, 3.05) is 0 Å². The molecule has 0 saturated heterocycles. The third-order valence-electron chi connectivity index (χ3n) is 1.76. The molecule has 2 rings (SSSR count). The van der Waals surface area contributed by atoms with Crippen LogP contribution in [0.15, 0.2) is 36.8 Å². The van der Waals surface area contributed by atoms with Crippen molar-refractivity contribution < 1.29 is 4.79 Å². The normalized spacial score (nSPS) is 18.9. The maximum Gasteiger partial charge on any atom is 0.227 e. The van der Waals surface area contributed by atoms with E-state index in [0.29, 0.717) is 0 Å². The van der Waals surface area contributed by atoms with Gasteiger partial charge in [-0.25, -0.2) is 0 Å². The zero-order valence-electron chi connectivity index (χ0n) is 6.69. The molecule has 12 heavy (non-hydrogen) atoms. The second-order valence-electron chi connectivity index (χ2n) is 2.61. The Labute approximate surface area is 70.4 Å². The van der Waals surface area contributed by atoms with Gasteiger partial charge in [-0.15, -0.1) is 0 Å². The van der Waals surface area contributed by atoms with Gasteiger partial charge in [-0.3, -0.25) is 9.69 Å². The third-order valence-corrected chi connectivity index (χ3v) is 1.76. The van der Waals surface area contributed by atoms with Crippen molar-refractivity contribution in [1.29, 1.82) is 0 Å². The summed E-state index contributed by atoms with van der Waals surface area (Å²) in [5, 5.41) is 3.00. The molecule has 0 aromatic carbocycles. The summed E-state index contributed by atoms with van der Waals surface area (Å²) in [5.74, 6) is 0.903. The Morgan fingerprint density at radius 2 is 2.25 bits per heavy atom. The number of hydrogen-bond acceptors (Lipinski definition) is 3. The monoisotopic (exact) mass is 163 g/mol. The zero-order valence-corrected chi connectivity index (χ0v) is 6.69. The minimum atomic E-state index is 0.00657. The van der Waals surface area contributed by atoms with Gasteiger partial charge in [-0.1, -0.05) is 0 Å². The van der Waals surface area contributed by atoms with Gasteiger partial charge in [-0.2, -0.15) is 0 Å². The molecule has 0 fully saturated rings. The maximum absolute atomic E-state index is 11.0. The molecule has 4 heteroatoms. The van der Waals surface area contributed by atoms with E-state index < -0.39 is 0 Å². The van der Waals surface area contributed by atoms with Gasteiger partial charge in [0.05, 0.1) is 6.20 Å².